The highest BCUT2D eigenvalue weighted by Gasteiger charge is 2.16. The normalized spacial score (nSPS) is 16.2. The summed E-state index contributed by atoms with van der Waals surface area (Å²) in [7, 11) is 0. The highest BCUT2D eigenvalue weighted by Crippen LogP contribution is 2.29. The second-order valence-electron chi connectivity index (χ2n) is 3.93. The smallest absolute Gasteiger partial charge is 0.161 e. The maximum atomic E-state index is 11.4. The Morgan fingerprint density at radius 3 is 2.69 bits per heavy atom. The molecule has 1 aromatic carbocycles. The Bertz CT molecular complexity index is 400. The molecule has 1 N–H and O–H groups in total. The van der Waals surface area contributed by atoms with Crippen LogP contribution in [0.4, 0.5) is 5.69 Å². The van der Waals surface area contributed by atoms with E-state index in [1.54, 1.807) is 13.0 Å². The topological polar surface area (TPSA) is 32.3 Å². The Kier molecular flexibility index (Phi) is 3.46. The molecule has 0 radical (unpaired) electrons. The van der Waals surface area contributed by atoms with Gasteiger partial charge in [0, 0.05) is 31.7 Å². The highest BCUT2D eigenvalue weighted by molar-refractivity contribution is 6.36. The van der Waals surface area contributed by atoms with E-state index >= 15 is 0 Å². The van der Waals surface area contributed by atoms with Crippen LogP contribution < -0.4 is 10.2 Å². The first-order valence-electron chi connectivity index (χ1n) is 5.45. The Balaban J connectivity index is 2.33. The summed E-state index contributed by atoms with van der Waals surface area (Å²) in [6.45, 7) is 5.33. The predicted octanol–water partition coefficient (Wildman–Crippen LogP) is 1.95. The number of nitrogens with one attached hydrogen (secondary N) is 1. The van der Waals surface area contributed by atoms with Gasteiger partial charge >= 0.3 is 0 Å². The molecule has 1 fully saturated rings. The van der Waals surface area contributed by atoms with Crippen LogP contribution in [0, 0.1) is 0 Å². The Labute approximate surface area is 100 Å². The molecule has 1 saturated heterocycles. The van der Waals surface area contributed by atoms with E-state index in [0.717, 1.165) is 31.9 Å². The summed E-state index contributed by atoms with van der Waals surface area (Å²) in [6, 6.07) is 5.64. The van der Waals surface area contributed by atoms with Gasteiger partial charge in [-0.3, -0.25) is 4.79 Å². The van der Waals surface area contributed by atoms with Crippen LogP contribution >= 0.6 is 11.6 Å². The lowest BCUT2D eigenvalue weighted by atomic mass is 10.1. The van der Waals surface area contributed by atoms with E-state index in [0.29, 0.717) is 10.6 Å². The molecule has 0 aromatic heterocycles. The van der Waals surface area contributed by atoms with Gasteiger partial charge in [0.2, 0.25) is 0 Å². The van der Waals surface area contributed by atoms with Crippen LogP contribution in [0.1, 0.15) is 17.3 Å². The molecule has 0 atom stereocenters. The monoisotopic (exact) mass is 238 g/mol. The third-order valence-electron chi connectivity index (χ3n) is 2.82. The minimum atomic E-state index is 0.0157. The fourth-order valence-corrected chi connectivity index (χ4v) is 2.32. The van der Waals surface area contributed by atoms with Crippen LogP contribution in [0.15, 0.2) is 18.2 Å². The molecule has 0 saturated carbocycles. The molecule has 0 aliphatic carbocycles. The third-order valence-corrected chi connectivity index (χ3v) is 3.21. The number of nitrogens with zero attached hydrogens (tertiary/aromatic N) is 1. The number of Topliss-reactive ketones (excluding diaryl/α,β-unsaturated/α-hetero) is 1. The van der Waals surface area contributed by atoms with E-state index in [2.05, 4.69) is 10.2 Å². The first-order valence-corrected chi connectivity index (χ1v) is 5.83. The zero-order valence-electron chi connectivity index (χ0n) is 9.29. The number of hydrogen-bond donors (Lipinski definition) is 1. The summed E-state index contributed by atoms with van der Waals surface area (Å²) in [4.78, 5) is 13.6. The lowest BCUT2D eigenvalue weighted by Gasteiger charge is -2.30. The number of hydrogen-bond acceptors (Lipinski definition) is 3. The van der Waals surface area contributed by atoms with Crippen molar-refractivity contribution in [2.24, 2.45) is 0 Å². The second-order valence-corrected chi connectivity index (χ2v) is 4.31. The van der Waals surface area contributed by atoms with Crippen LogP contribution in [0.25, 0.3) is 0 Å². The van der Waals surface area contributed by atoms with Crippen molar-refractivity contribution in [2.45, 2.75) is 6.92 Å². The Morgan fingerprint density at radius 2 is 2.06 bits per heavy atom. The Hall–Kier alpha value is -1.06. The minimum absolute atomic E-state index is 0.0157. The van der Waals surface area contributed by atoms with Crippen molar-refractivity contribution in [1.82, 2.24) is 5.32 Å². The van der Waals surface area contributed by atoms with E-state index in [4.69, 9.17) is 11.6 Å². The quantitative estimate of drug-likeness (QED) is 0.800. The summed E-state index contributed by atoms with van der Waals surface area (Å²) in [5.41, 5.74) is 1.58. The van der Waals surface area contributed by atoms with Gasteiger partial charge in [-0.1, -0.05) is 17.7 Å². The van der Waals surface area contributed by atoms with Crippen LogP contribution in [-0.4, -0.2) is 32.0 Å². The number of piperazine rings is 1. The summed E-state index contributed by atoms with van der Waals surface area (Å²) in [5, 5.41) is 3.87. The summed E-state index contributed by atoms with van der Waals surface area (Å²) < 4.78 is 0. The zero-order chi connectivity index (χ0) is 11.5. The highest BCUT2D eigenvalue weighted by atomic mass is 35.5. The molecule has 1 aliphatic rings. The molecule has 4 heteroatoms. The number of anilines is 1. The molecule has 0 amide bonds. The molecule has 0 spiro atoms. The summed E-state index contributed by atoms with van der Waals surface area (Å²) >= 11 is 6.25. The van der Waals surface area contributed by atoms with Gasteiger partial charge in [0.1, 0.15) is 0 Å². The van der Waals surface area contributed by atoms with Gasteiger partial charge in [0.25, 0.3) is 0 Å². The molecule has 0 bridgehead atoms. The summed E-state index contributed by atoms with van der Waals surface area (Å²) in [5.74, 6) is 0.0157. The molecular formula is C12H15ClN2O. The fraction of sp³-hybridized carbons (Fsp3) is 0.417. The molecule has 1 aliphatic heterocycles. The standard InChI is InChI=1S/C12H15ClN2O/c1-9(16)10-3-2-4-11(12(10)13)15-7-5-14-6-8-15/h2-4,14H,5-8H2,1H3. The van der Waals surface area contributed by atoms with Gasteiger partial charge in [-0.05, 0) is 19.1 Å². The number of carbonyl (C=O) groups is 1. The van der Waals surface area contributed by atoms with Crippen LogP contribution in [0.3, 0.4) is 0 Å². The van der Waals surface area contributed by atoms with Gasteiger partial charge in [0.15, 0.2) is 5.78 Å². The molecule has 16 heavy (non-hydrogen) atoms. The molecular weight excluding hydrogens is 224 g/mol. The molecule has 2 rings (SSSR count). The van der Waals surface area contributed by atoms with E-state index in [-0.39, 0.29) is 5.78 Å². The fourth-order valence-electron chi connectivity index (χ4n) is 1.94. The molecule has 3 nitrogen and oxygen atoms in total. The van der Waals surface area contributed by atoms with Crippen molar-refractivity contribution in [3.8, 4) is 0 Å². The first kappa shape index (κ1) is 11.4. The van der Waals surface area contributed by atoms with E-state index in [1.807, 2.05) is 12.1 Å². The van der Waals surface area contributed by atoms with Gasteiger partial charge < -0.3 is 10.2 Å². The van der Waals surface area contributed by atoms with Crippen LogP contribution in [-0.2, 0) is 0 Å². The van der Waals surface area contributed by atoms with Gasteiger partial charge in [-0.25, -0.2) is 0 Å². The van der Waals surface area contributed by atoms with E-state index in [1.165, 1.54) is 0 Å². The minimum Gasteiger partial charge on any atom is -0.368 e. The lowest BCUT2D eigenvalue weighted by Crippen LogP contribution is -2.43. The SMILES string of the molecule is CC(=O)c1cccc(N2CCNCC2)c1Cl. The number of ketones is 1. The maximum Gasteiger partial charge on any atom is 0.161 e. The lowest BCUT2D eigenvalue weighted by molar-refractivity contribution is 0.101. The average molecular weight is 239 g/mol. The number of halogens is 1. The second kappa shape index (κ2) is 4.85. The first-order chi connectivity index (χ1) is 7.70. The van der Waals surface area contributed by atoms with Crippen molar-refractivity contribution in [1.29, 1.82) is 0 Å². The number of rotatable bonds is 2. The predicted molar refractivity (Wildman–Crippen MR) is 66.5 cm³/mol. The van der Waals surface area contributed by atoms with Crippen LogP contribution in [0.2, 0.25) is 5.02 Å². The van der Waals surface area contributed by atoms with Gasteiger partial charge in [0.05, 0.1) is 10.7 Å². The molecule has 0 unspecified atom stereocenters. The molecule has 1 heterocycles. The van der Waals surface area contributed by atoms with Crippen molar-refractivity contribution < 1.29 is 4.79 Å². The van der Waals surface area contributed by atoms with Crippen molar-refractivity contribution in [3.63, 3.8) is 0 Å². The average Bonchev–Trinajstić information content (AvgIpc) is 2.30. The molecule has 1 aromatic rings. The number of carbonyl (C=O) groups excluding carboxylic acids is 1. The van der Waals surface area contributed by atoms with Gasteiger partial charge in [-0.2, -0.15) is 0 Å². The van der Waals surface area contributed by atoms with E-state index < -0.39 is 0 Å². The van der Waals surface area contributed by atoms with Crippen molar-refractivity contribution >= 4 is 23.1 Å². The van der Waals surface area contributed by atoms with E-state index in [9.17, 15) is 4.79 Å². The van der Waals surface area contributed by atoms with Gasteiger partial charge in [-0.15, -0.1) is 0 Å². The zero-order valence-corrected chi connectivity index (χ0v) is 10.0. The Morgan fingerprint density at radius 1 is 1.38 bits per heavy atom. The summed E-state index contributed by atoms with van der Waals surface area (Å²) in [6.07, 6.45) is 0. The maximum absolute atomic E-state index is 11.4. The van der Waals surface area contributed by atoms with Crippen molar-refractivity contribution in [3.05, 3.63) is 28.8 Å². The number of benzene rings is 1. The van der Waals surface area contributed by atoms with Crippen molar-refractivity contribution in [2.75, 3.05) is 31.1 Å². The largest absolute Gasteiger partial charge is 0.368 e. The van der Waals surface area contributed by atoms with Crippen LogP contribution in [0.5, 0.6) is 0 Å². The molecule has 86 valence electrons. The third kappa shape index (κ3) is 2.20.